The lowest BCUT2D eigenvalue weighted by Gasteiger charge is -2.09. The van der Waals surface area contributed by atoms with Crippen molar-refractivity contribution in [1.82, 2.24) is 20.0 Å². The molecule has 0 atom stereocenters. The molecule has 2 heterocycles. The molecule has 2 aromatic heterocycles. The van der Waals surface area contributed by atoms with E-state index in [1.165, 1.54) is 17.7 Å². The van der Waals surface area contributed by atoms with Gasteiger partial charge in [0.15, 0.2) is 0 Å². The fourth-order valence-corrected chi connectivity index (χ4v) is 2.79. The van der Waals surface area contributed by atoms with E-state index in [9.17, 15) is 4.39 Å². The number of halogens is 1. The van der Waals surface area contributed by atoms with Gasteiger partial charge in [0.05, 0.1) is 0 Å². The third-order valence-corrected chi connectivity index (χ3v) is 3.95. The van der Waals surface area contributed by atoms with Gasteiger partial charge in [-0.05, 0) is 43.9 Å². The maximum atomic E-state index is 13.3. The highest BCUT2D eigenvalue weighted by Crippen LogP contribution is 2.26. The molecular formula is C19H17FN4O. The van der Waals surface area contributed by atoms with Gasteiger partial charge in [-0.1, -0.05) is 29.4 Å². The second-order valence-electron chi connectivity index (χ2n) is 6.27. The van der Waals surface area contributed by atoms with E-state index in [-0.39, 0.29) is 5.82 Å². The van der Waals surface area contributed by atoms with Crippen LogP contribution in [0.2, 0.25) is 0 Å². The molecule has 25 heavy (non-hydrogen) atoms. The Balaban J connectivity index is 1.62. The van der Waals surface area contributed by atoms with Crippen LogP contribution in [0.5, 0.6) is 0 Å². The van der Waals surface area contributed by atoms with Gasteiger partial charge < -0.3 is 14.4 Å². The molecule has 126 valence electrons. The minimum absolute atomic E-state index is 0.287. The van der Waals surface area contributed by atoms with Gasteiger partial charge in [0, 0.05) is 23.0 Å². The second-order valence-corrected chi connectivity index (χ2v) is 6.27. The summed E-state index contributed by atoms with van der Waals surface area (Å²) in [6.45, 7) is 0.878. The van der Waals surface area contributed by atoms with Crippen LogP contribution in [0.25, 0.3) is 33.9 Å². The van der Waals surface area contributed by atoms with E-state index >= 15 is 0 Å². The Hall–Kier alpha value is -2.99. The smallest absolute Gasteiger partial charge is 0.274 e. The summed E-state index contributed by atoms with van der Waals surface area (Å²) in [4.78, 5) is 9.66. The van der Waals surface area contributed by atoms with Crippen LogP contribution < -0.4 is 0 Å². The fraction of sp³-hybridized carbons (Fsp3) is 0.158. The van der Waals surface area contributed by atoms with Crippen LogP contribution in [0, 0.1) is 5.82 Å². The zero-order chi connectivity index (χ0) is 17.4. The van der Waals surface area contributed by atoms with E-state index in [0.29, 0.717) is 22.9 Å². The molecule has 0 radical (unpaired) electrons. The van der Waals surface area contributed by atoms with E-state index in [1.54, 1.807) is 6.07 Å². The number of aromatic amines is 1. The molecular weight excluding hydrogens is 319 g/mol. The number of H-pyrrole nitrogens is 1. The first-order chi connectivity index (χ1) is 12.1. The second kappa shape index (κ2) is 6.14. The van der Waals surface area contributed by atoms with Gasteiger partial charge in [0.1, 0.15) is 11.5 Å². The van der Waals surface area contributed by atoms with Gasteiger partial charge in [-0.25, -0.2) is 4.39 Å². The van der Waals surface area contributed by atoms with Crippen molar-refractivity contribution in [3.05, 3.63) is 59.9 Å². The lowest BCUT2D eigenvalue weighted by Crippen LogP contribution is -2.10. The normalized spacial score (nSPS) is 11.5. The number of hydrogen-bond acceptors (Lipinski definition) is 4. The first-order valence-electron chi connectivity index (χ1n) is 7.95. The molecule has 1 N–H and O–H groups in total. The quantitative estimate of drug-likeness (QED) is 0.610. The number of nitrogens with zero attached hydrogens (tertiary/aromatic N) is 3. The number of aromatic nitrogens is 3. The maximum absolute atomic E-state index is 13.3. The van der Waals surface area contributed by atoms with Crippen molar-refractivity contribution >= 4 is 10.9 Å². The van der Waals surface area contributed by atoms with Gasteiger partial charge in [0.25, 0.3) is 5.89 Å². The molecule has 0 bridgehead atoms. The largest absolute Gasteiger partial charge is 0.350 e. The van der Waals surface area contributed by atoms with Crippen LogP contribution in [0.1, 0.15) is 5.56 Å². The van der Waals surface area contributed by atoms with Gasteiger partial charge in [-0.2, -0.15) is 4.98 Å². The van der Waals surface area contributed by atoms with Crippen LogP contribution in [0.15, 0.2) is 53.1 Å². The SMILES string of the molecule is CN(C)Cc1ccc(-c2noc(-c3cc4ccc(F)cc4[nH]3)n2)cc1. The standard InChI is InChI=1S/C19H17FN4O/c1-24(2)11-12-3-5-13(6-4-12)18-22-19(25-23-18)17-9-14-7-8-15(20)10-16(14)21-17/h3-10,21H,11H2,1-2H3. The number of rotatable bonds is 4. The predicted octanol–water partition coefficient (Wildman–Crippen LogP) is 4.09. The van der Waals surface area contributed by atoms with Crippen molar-refractivity contribution in [3.63, 3.8) is 0 Å². The van der Waals surface area contributed by atoms with Crippen molar-refractivity contribution < 1.29 is 8.91 Å². The lowest BCUT2D eigenvalue weighted by atomic mass is 10.1. The molecule has 4 aromatic rings. The van der Waals surface area contributed by atoms with Crippen molar-refractivity contribution in [2.75, 3.05) is 14.1 Å². The molecule has 0 spiro atoms. The Labute approximate surface area is 144 Å². The zero-order valence-electron chi connectivity index (χ0n) is 14.0. The average molecular weight is 336 g/mol. The Morgan fingerprint density at radius 1 is 1.08 bits per heavy atom. The molecule has 2 aromatic carbocycles. The average Bonchev–Trinajstić information content (AvgIpc) is 3.21. The Kier molecular flexibility index (Phi) is 3.82. The summed E-state index contributed by atoms with van der Waals surface area (Å²) in [6, 6.07) is 14.5. The Morgan fingerprint density at radius 3 is 2.64 bits per heavy atom. The van der Waals surface area contributed by atoms with E-state index in [2.05, 4.69) is 32.2 Å². The summed E-state index contributed by atoms with van der Waals surface area (Å²) < 4.78 is 18.7. The highest BCUT2D eigenvalue weighted by molar-refractivity contribution is 5.84. The third-order valence-electron chi connectivity index (χ3n) is 3.95. The molecule has 4 rings (SSSR count). The summed E-state index contributed by atoms with van der Waals surface area (Å²) in [7, 11) is 4.07. The first-order valence-corrected chi connectivity index (χ1v) is 7.95. The predicted molar refractivity (Wildman–Crippen MR) is 94.4 cm³/mol. The van der Waals surface area contributed by atoms with Crippen molar-refractivity contribution in [3.8, 4) is 23.0 Å². The molecule has 6 heteroatoms. The van der Waals surface area contributed by atoms with Crippen LogP contribution >= 0.6 is 0 Å². The van der Waals surface area contributed by atoms with Gasteiger partial charge >= 0.3 is 0 Å². The number of hydrogen-bond donors (Lipinski definition) is 1. The summed E-state index contributed by atoms with van der Waals surface area (Å²) in [6.07, 6.45) is 0. The highest BCUT2D eigenvalue weighted by atomic mass is 19.1. The highest BCUT2D eigenvalue weighted by Gasteiger charge is 2.13. The molecule has 0 aliphatic rings. The first kappa shape index (κ1) is 15.5. The third kappa shape index (κ3) is 3.16. The number of fused-ring (bicyclic) bond motifs is 1. The molecule has 0 unspecified atom stereocenters. The van der Waals surface area contributed by atoms with E-state index in [1.807, 2.05) is 32.3 Å². The summed E-state index contributed by atoms with van der Waals surface area (Å²) in [5, 5.41) is 4.94. The van der Waals surface area contributed by atoms with Crippen molar-refractivity contribution in [1.29, 1.82) is 0 Å². The van der Waals surface area contributed by atoms with Gasteiger partial charge in [0.2, 0.25) is 5.82 Å². The molecule has 5 nitrogen and oxygen atoms in total. The molecule has 0 saturated carbocycles. The van der Waals surface area contributed by atoms with Gasteiger partial charge in [-0.15, -0.1) is 0 Å². The van der Waals surface area contributed by atoms with Crippen molar-refractivity contribution in [2.45, 2.75) is 6.54 Å². The van der Waals surface area contributed by atoms with Crippen LogP contribution in [-0.4, -0.2) is 34.1 Å². The fourth-order valence-electron chi connectivity index (χ4n) is 2.79. The molecule has 0 aliphatic carbocycles. The lowest BCUT2D eigenvalue weighted by molar-refractivity contribution is 0.402. The van der Waals surface area contributed by atoms with Crippen molar-refractivity contribution in [2.24, 2.45) is 0 Å². The van der Waals surface area contributed by atoms with Crippen LogP contribution in [-0.2, 0) is 6.54 Å². The molecule has 0 aliphatic heterocycles. The van der Waals surface area contributed by atoms with E-state index in [4.69, 9.17) is 4.52 Å². The molecule has 0 saturated heterocycles. The summed E-state index contributed by atoms with van der Waals surface area (Å²) >= 11 is 0. The Bertz CT molecular complexity index is 1020. The summed E-state index contributed by atoms with van der Waals surface area (Å²) in [5.41, 5.74) is 3.47. The minimum Gasteiger partial charge on any atom is -0.350 e. The molecule has 0 amide bonds. The zero-order valence-corrected chi connectivity index (χ0v) is 14.0. The number of nitrogens with one attached hydrogen (secondary N) is 1. The monoisotopic (exact) mass is 336 g/mol. The van der Waals surface area contributed by atoms with Crippen LogP contribution in [0.4, 0.5) is 4.39 Å². The van der Waals surface area contributed by atoms with Gasteiger partial charge in [-0.3, -0.25) is 0 Å². The van der Waals surface area contributed by atoms with Crippen LogP contribution in [0.3, 0.4) is 0 Å². The number of benzene rings is 2. The minimum atomic E-state index is -0.287. The molecule has 0 fully saturated rings. The van der Waals surface area contributed by atoms with E-state index in [0.717, 1.165) is 17.5 Å². The topological polar surface area (TPSA) is 58.0 Å². The summed E-state index contributed by atoms with van der Waals surface area (Å²) in [5.74, 6) is 0.616. The maximum Gasteiger partial charge on any atom is 0.274 e. The Morgan fingerprint density at radius 2 is 1.88 bits per heavy atom. The van der Waals surface area contributed by atoms with E-state index < -0.39 is 0 Å².